The molecule has 1 aromatic carbocycles. The molecule has 0 radical (unpaired) electrons. The summed E-state index contributed by atoms with van der Waals surface area (Å²) in [6, 6.07) is 16.1. The van der Waals surface area contributed by atoms with E-state index in [4.69, 9.17) is 0 Å². The average Bonchev–Trinajstić information content (AvgIpc) is 2.61. The molecule has 1 atom stereocenters. The van der Waals surface area contributed by atoms with E-state index >= 15 is 0 Å². The minimum absolute atomic E-state index is 0.154. The Labute approximate surface area is 150 Å². The van der Waals surface area contributed by atoms with Crippen molar-refractivity contribution in [2.24, 2.45) is 0 Å². The minimum Gasteiger partial charge on any atom is -0.338 e. The lowest BCUT2D eigenvalue weighted by atomic mass is 10.0. The molecular weight excluding hydrogens is 312 g/mol. The van der Waals surface area contributed by atoms with E-state index in [1.165, 1.54) is 5.56 Å². The molecule has 0 fully saturated rings. The van der Waals surface area contributed by atoms with E-state index in [0.717, 1.165) is 12.1 Å². The van der Waals surface area contributed by atoms with Crippen LogP contribution in [0.15, 0.2) is 54.7 Å². The summed E-state index contributed by atoms with van der Waals surface area (Å²) in [5.41, 5.74) is 1.99. The Balaban J connectivity index is 1.70. The molecule has 2 aromatic rings. The number of nitrogens with zero attached hydrogens (tertiary/aromatic N) is 1. The van der Waals surface area contributed by atoms with Crippen LogP contribution in [0.5, 0.6) is 0 Å². The number of hydrogen-bond acceptors (Lipinski definition) is 3. The number of carbonyl (C=O) groups excluding carboxylic acids is 1. The van der Waals surface area contributed by atoms with Gasteiger partial charge in [0, 0.05) is 43.0 Å². The fourth-order valence-corrected chi connectivity index (χ4v) is 2.68. The number of rotatable bonds is 8. The number of hydrogen-bond donors (Lipinski definition) is 3. The Morgan fingerprint density at radius 2 is 1.80 bits per heavy atom. The van der Waals surface area contributed by atoms with Crippen molar-refractivity contribution in [1.29, 1.82) is 0 Å². The van der Waals surface area contributed by atoms with Crippen LogP contribution >= 0.6 is 0 Å². The average molecular weight is 340 g/mol. The standard InChI is InChI=1S/C20H28N4O/c1-16(17-9-5-4-6-10-17)24-20(2,3)15-23-19(25)22-14-12-18-11-7-8-13-21-18/h4-11,13,16,24H,12,14-15H2,1-3H3,(H2,22,23,25)/t16-/m0/s1. The van der Waals surface area contributed by atoms with Gasteiger partial charge in [-0.2, -0.15) is 0 Å². The second-order valence-corrected chi connectivity index (χ2v) is 6.84. The summed E-state index contributed by atoms with van der Waals surface area (Å²) in [4.78, 5) is 16.2. The molecular formula is C20H28N4O. The summed E-state index contributed by atoms with van der Waals surface area (Å²) in [6.45, 7) is 7.40. The van der Waals surface area contributed by atoms with Gasteiger partial charge < -0.3 is 16.0 Å². The third kappa shape index (κ3) is 6.93. The second-order valence-electron chi connectivity index (χ2n) is 6.84. The zero-order valence-electron chi connectivity index (χ0n) is 15.3. The van der Waals surface area contributed by atoms with E-state index in [9.17, 15) is 4.79 Å². The molecule has 5 nitrogen and oxygen atoms in total. The molecule has 2 rings (SSSR count). The molecule has 1 aromatic heterocycles. The number of benzene rings is 1. The molecule has 0 saturated heterocycles. The van der Waals surface area contributed by atoms with E-state index in [1.54, 1.807) is 6.20 Å². The maximum Gasteiger partial charge on any atom is 0.314 e. The van der Waals surface area contributed by atoms with E-state index in [1.807, 2.05) is 36.4 Å². The van der Waals surface area contributed by atoms with Crippen molar-refractivity contribution >= 4 is 6.03 Å². The molecule has 3 N–H and O–H groups in total. The second kappa shape index (κ2) is 9.18. The van der Waals surface area contributed by atoms with Crippen LogP contribution in [0.3, 0.4) is 0 Å². The summed E-state index contributed by atoms with van der Waals surface area (Å²) in [7, 11) is 0. The highest BCUT2D eigenvalue weighted by Crippen LogP contribution is 2.15. The summed E-state index contributed by atoms with van der Waals surface area (Å²) >= 11 is 0. The number of urea groups is 1. The Bertz CT molecular complexity index is 643. The fraction of sp³-hybridized carbons (Fsp3) is 0.400. The lowest BCUT2D eigenvalue weighted by Crippen LogP contribution is -2.51. The van der Waals surface area contributed by atoms with Crippen molar-refractivity contribution in [3.8, 4) is 0 Å². The van der Waals surface area contributed by atoms with E-state index in [2.05, 4.69) is 53.8 Å². The van der Waals surface area contributed by atoms with Crippen molar-refractivity contribution in [2.45, 2.75) is 38.8 Å². The fourth-order valence-electron chi connectivity index (χ4n) is 2.68. The largest absolute Gasteiger partial charge is 0.338 e. The van der Waals surface area contributed by atoms with Gasteiger partial charge in [-0.25, -0.2) is 4.79 Å². The highest BCUT2D eigenvalue weighted by atomic mass is 16.2. The first-order valence-corrected chi connectivity index (χ1v) is 8.70. The van der Waals surface area contributed by atoms with E-state index in [-0.39, 0.29) is 17.6 Å². The smallest absolute Gasteiger partial charge is 0.314 e. The van der Waals surface area contributed by atoms with Gasteiger partial charge in [-0.15, -0.1) is 0 Å². The van der Waals surface area contributed by atoms with E-state index < -0.39 is 0 Å². The predicted molar refractivity (Wildman–Crippen MR) is 101 cm³/mol. The van der Waals surface area contributed by atoms with Crippen LogP contribution in [0.4, 0.5) is 4.79 Å². The van der Waals surface area contributed by atoms with Crippen LogP contribution in [0.1, 0.15) is 38.1 Å². The molecule has 25 heavy (non-hydrogen) atoms. The normalized spacial score (nSPS) is 12.4. The van der Waals surface area contributed by atoms with Gasteiger partial charge in [0.1, 0.15) is 0 Å². The number of nitrogens with one attached hydrogen (secondary N) is 3. The molecule has 0 bridgehead atoms. The molecule has 0 saturated carbocycles. The van der Waals surface area contributed by atoms with E-state index in [0.29, 0.717) is 13.1 Å². The molecule has 2 amide bonds. The minimum atomic E-state index is -0.215. The van der Waals surface area contributed by atoms with Crippen LogP contribution in [0.25, 0.3) is 0 Å². The molecule has 0 aliphatic heterocycles. The zero-order chi connectivity index (χ0) is 18.1. The number of aromatic nitrogens is 1. The van der Waals surface area contributed by atoms with Crippen molar-refractivity contribution in [1.82, 2.24) is 20.9 Å². The van der Waals surface area contributed by atoms with Crippen molar-refractivity contribution in [3.63, 3.8) is 0 Å². The molecule has 5 heteroatoms. The quantitative estimate of drug-likeness (QED) is 0.692. The summed E-state index contributed by atoms with van der Waals surface area (Å²) < 4.78 is 0. The molecule has 0 unspecified atom stereocenters. The van der Waals surface area contributed by atoms with Crippen LogP contribution < -0.4 is 16.0 Å². The highest BCUT2D eigenvalue weighted by molar-refractivity contribution is 5.73. The molecule has 0 aliphatic rings. The Hall–Kier alpha value is -2.40. The number of carbonyl (C=O) groups is 1. The van der Waals surface area contributed by atoms with Gasteiger partial charge in [0.15, 0.2) is 0 Å². The first-order chi connectivity index (χ1) is 12.0. The van der Waals surface area contributed by atoms with Gasteiger partial charge in [-0.05, 0) is 38.5 Å². The lowest BCUT2D eigenvalue weighted by Gasteiger charge is -2.30. The Morgan fingerprint density at radius 1 is 1.08 bits per heavy atom. The monoisotopic (exact) mass is 340 g/mol. The maximum absolute atomic E-state index is 12.0. The van der Waals surface area contributed by atoms with Crippen molar-refractivity contribution in [2.75, 3.05) is 13.1 Å². The summed E-state index contributed by atoms with van der Waals surface area (Å²) in [6.07, 6.45) is 2.48. The summed E-state index contributed by atoms with van der Waals surface area (Å²) in [5, 5.41) is 9.36. The van der Waals surface area contributed by atoms with Crippen LogP contribution in [-0.2, 0) is 6.42 Å². The highest BCUT2D eigenvalue weighted by Gasteiger charge is 2.21. The van der Waals surface area contributed by atoms with Gasteiger partial charge in [0.2, 0.25) is 0 Å². The first kappa shape index (κ1) is 18.9. The number of pyridine rings is 1. The van der Waals surface area contributed by atoms with Gasteiger partial charge in [-0.3, -0.25) is 4.98 Å². The molecule has 1 heterocycles. The Kier molecular flexibility index (Phi) is 6.95. The Morgan fingerprint density at radius 3 is 2.48 bits per heavy atom. The maximum atomic E-state index is 12.0. The zero-order valence-corrected chi connectivity index (χ0v) is 15.3. The van der Waals surface area contributed by atoms with Crippen LogP contribution in [0.2, 0.25) is 0 Å². The van der Waals surface area contributed by atoms with Crippen LogP contribution in [-0.4, -0.2) is 29.6 Å². The third-order valence-electron chi connectivity index (χ3n) is 3.99. The molecule has 0 aliphatic carbocycles. The van der Waals surface area contributed by atoms with Gasteiger partial charge in [0.05, 0.1) is 0 Å². The SMILES string of the molecule is C[C@H](NC(C)(C)CNC(=O)NCCc1ccccn1)c1ccccc1. The lowest BCUT2D eigenvalue weighted by molar-refractivity contribution is 0.235. The summed E-state index contributed by atoms with van der Waals surface area (Å²) in [5.74, 6) is 0. The molecule has 134 valence electrons. The topological polar surface area (TPSA) is 66.0 Å². The van der Waals surface area contributed by atoms with Crippen molar-refractivity contribution < 1.29 is 4.79 Å². The van der Waals surface area contributed by atoms with Gasteiger partial charge in [-0.1, -0.05) is 36.4 Å². The van der Waals surface area contributed by atoms with Crippen LogP contribution in [0, 0.1) is 0 Å². The first-order valence-electron chi connectivity index (χ1n) is 8.70. The third-order valence-corrected chi connectivity index (χ3v) is 3.99. The predicted octanol–water partition coefficient (Wildman–Crippen LogP) is 3.05. The molecule has 0 spiro atoms. The number of amides is 2. The van der Waals surface area contributed by atoms with Crippen molar-refractivity contribution in [3.05, 3.63) is 66.0 Å². The van der Waals surface area contributed by atoms with Gasteiger partial charge >= 0.3 is 6.03 Å². The van der Waals surface area contributed by atoms with Gasteiger partial charge in [0.25, 0.3) is 0 Å².